The van der Waals surface area contributed by atoms with Gasteiger partial charge >= 0.3 is 0 Å². The maximum absolute atomic E-state index is 5.28. The molecule has 0 aliphatic carbocycles. The fraction of sp³-hybridized carbons (Fsp3) is 0.333. The van der Waals surface area contributed by atoms with Crippen LogP contribution >= 0.6 is 11.8 Å². The van der Waals surface area contributed by atoms with E-state index in [1.807, 2.05) is 36.0 Å². The highest BCUT2D eigenvalue weighted by molar-refractivity contribution is 8.00. The second kappa shape index (κ2) is 7.26. The van der Waals surface area contributed by atoms with Crippen LogP contribution in [-0.2, 0) is 6.54 Å². The number of ether oxygens (including phenoxy) is 1. The van der Waals surface area contributed by atoms with Gasteiger partial charge in [-0.15, -0.1) is 11.8 Å². The number of thioether (sulfide) groups is 1. The predicted octanol–water partition coefficient (Wildman–Crippen LogP) is 3.56. The number of benzene rings is 1. The average molecular weight is 277 g/mol. The molecule has 0 fully saturated rings. The summed E-state index contributed by atoms with van der Waals surface area (Å²) >= 11 is 1.85. The van der Waals surface area contributed by atoms with Crippen molar-refractivity contribution in [1.29, 1.82) is 0 Å². The molecule has 2 rings (SSSR count). The molecular weight excluding hydrogens is 258 g/mol. The second-order valence-corrected chi connectivity index (χ2v) is 5.83. The minimum Gasteiger partial charge on any atom is -0.497 e. The van der Waals surface area contributed by atoms with E-state index in [2.05, 4.69) is 24.4 Å². The molecule has 1 aromatic carbocycles. The van der Waals surface area contributed by atoms with E-state index in [9.17, 15) is 0 Å². The zero-order valence-corrected chi connectivity index (χ0v) is 12.1. The number of methoxy groups -OCH3 is 1. The molecule has 19 heavy (non-hydrogen) atoms. The van der Waals surface area contributed by atoms with Gasteiger partial charge in [0.1, 0.15) is 11.5 Å². The van der Waals surface area contributed by atoms with Crippen LogP contribution in [0.5, 0.6) is 5.75 Å². The van der Waals surface area contributed by atoms with Crippen molar-refractivity contribution >= 4 is 11.8 Å². The number of furan rings is 1. The maximum Gasteiger partial charge on any atom is 0.118 e. The molecule has 1 atom stereocenters. The lowest BCUT2D eigenvalue weighted by Crippen LogP contribution is -2.21. The summed E-state index contributed by atoms with van der Waals surface area (Å²) in [5.74, 6) is 1.87. The van der Waals surface area contributed by atoms with Crippen LogP contribution in [0.25, 0.3) is 0 Å². The molecular formula is C15H19NO2S. The van der Waals surface area contributed by atoms with E-state index in [1.54, 1.807) is 13.4 Å². The van der Waals surface area contributed by atoms with Gasteiger partial charge in [-0.05, 0) is 36.4 Å². The fourth-order valence-electron chi connectivity index (χ4n) is 1.74. The molecule has 0 spiro atoms. The Morgan fingerprint density at radius 2 is 2.05 bits per heavy atom. The molecule has 1 unspecified atom stereocenters. The molecule has 1 N–H and O–H groups in total. The highest BCUT2D eigenvalue weighted by Crippen LogP contribution is 2.24. The molecule has 0 saturated carbocycles. The topological polar surface area (TPSA) is 34.4 Å². The SMILES string of the molecule is COc1ccc(SC(C)CNCc2ccco2)cc1. The van der Waals surface area contributed by atoms with Crippen molar-refractivity contribution in [2.45, 2.75) is 23.6 Å². The third-order valence-electron chi connectivity index (χ3n) is 2.71. The first-order valence-electron chi connectivity index (χ1n) is 6.31. The van der Waals surface area contributed by atoms with Crippen LogP contribution in [0.15, 0.2) is 52.0 Å². The van der Waals surface area contributed by atoms with Crippen molar-refractivity contribution in [3.05, 3.63) is 48.4 Å². The van der Waals surface area contributed by atoms with Crippen molar-refractivity contribution in [3.8, 4) is 5.75 Å². The zero-order chi connectivity index (χ0) is 13.5. The van der Waals surface area contributed by atoms with E-state index in [0.717, 1.165) is 24.6 Å². The smallest absolute Gasteiger partial charge is 0.118 e. The van der Waals surface area contributed by atoms with Gasteiger partial charge < -0.3 is 14.5 Å². The summed E-state index contributed by atoms with van der Waals surface area (Å²) in [7, 11) is 1.68. The molecule has 3 nitrogen and oxygen atoms in total. The average Bonchev–Trinajstić information content (AvgIpc) is 2.93. The quantitative estimate of drug-likeness (QED) is 0.785. The minimum atomic E-state index is 0.503. The Hall–Kier alpha value is -1.39. The Morgan fingerprint density at radius 1 is 1.26 bits per heavy atom. The largest absolute Gasteiger partial charge is 0.497 e. The summed E-state index contributed by atoms with van der Waals surface area (Å²) in [6.45, 7) is 3.93. The predicted molar refractivity (Wildman–Crippen MR) is 78.7 cm³/mol. The van der Waals surface area contributed by atoms with E-state index in [1.165, 1.54) is 4.90 Å². The number of rotatable bonds is 7. The molecule has 0 bridgehead atoms. The number of nitrogens with one attached hydrogen (secondary N) is 1. The first kappa shape index (κ1) is 14.0. The molecule has 1 heterocycles. The summed E-state index contributed by atoms with van der Waals surface area (Å²) < 4.78 is 10.4. The van der Waals surface area contributed by atoms with Gasteiger partial charge in [0, 0.05) is 16.7 Å². The summed E-state index contributed by atoms with van der Waals surface area (Å²) in [5.41, 5.74) is 0. The van der Waals surface area contributed by atoms with Crippen LogP contribution in [0, 0.1) is 0 Å². The fourth-order valence-corrected chi connectivity index (χ4v) is 2.70. The van der Waals surface area contributed by atoms with Crippen LogP contribution in [0.3, 0.4) is 0 Å². The Labute approximate surface area is 118 Å². The molecule has 0 aliphatic heterocycles. The molecule has 2 aromatic rings. The highest BCUT2D eigenvalue weighted by atomic mass is 32.2. The van der Waals surface area contributed by atoms with Crippen molar-refractivity contribution < 1.29 is 9.15 Å². The van der Waals surface area contributed by atoms with E-state index < -0.39 is 0 Å². The molecule has 0 radical (unpaired) electrons. The monoisotopic (exact) mass is 277 g/mol. The van der Waals surface area contributed by atoms with Crippen molar-refractivity contribution in [1.82, 2.24) is 5.32 Å². The van der Waals surface area contributed by atoms with Crippen LogP contribution in [0.1, 0.15) is 12.7 Å². The van der Waals surface area contributed by atoms with Gasteiger partial charge in [0.05, 0.1) is 19.9 Å². The summed E-state index contributed by atoms with van der Waals surface area (Å²) in [4.78, 5) is 1.26. The summed E-state index contributed by atoms with van der Waals surface area (Å²) in [5, 5.41) is 3.89. The lowest BCUT2D eigenvalue weighted by Gasteiger charge is -2.12. The lowest BCUT2D eigenvalue weighted by molar-refractivity contribution is 0.414. The van der Waals surface area contributed by atoms with Crippen LogP contribution in [-0.4, -0.2) is 18.9 Å². The van der Waals surface area contributed by atoms with Crippen molar-refractivity contribution in [2.24, 2.45) is 0 Å². The van der Waals surface area contributed by atoms with Crippen molar-refractivity contribution in [2.75, 3.05) is 13.7 Å². The number of hydrogen-bond acceptors (Lipinski definition) is 4. The van der Waals surface area contributed by atoms with Crippen LogP contribution in [0.2, 0.25) is 0 Å². The Morgan fingerprint density at radius 3 is 2.68 bits per heavy atom. The highest BCUT2D eigenvalue weighted by Gasteiger charge is 2.05. The lowest BCUT2D eigenvalue weighted by atomic mass is 10.3. The van der Waals surface area contributed by atoms with E-state index in [0.29, 0.717) is 5.25 Å². The molecule has 102 valence electrons. The number of hydrogen-bond donors (Lipinski definition) is 1. The molecule has 0 saturated heterocycles. The maximum atomic E-state index is 5.28. The third kappa shape index (κ3) is 4.65. The van der Waals surface area contributed by atoms with Gasteiger partial charge in [-0.25, -0.2) is 0 Å². The standard InChI is InChI=1S/C15H19NO2S/c1-12(10-16-11-14-4-3-9-18-14)19-15-7-5-13(17-2)6-8-15/h3-9,12,16H,10-11H2,1-2H3. The van der Waals surface area contributed by atoms with Crippen LogP contribution in [0.4, 0.5) is 0 Å². The summed E-state index contributed by atoms with van der Waals surface area (Å²) in [6.07, 6.45) is 1.70. The van der Waals surface area contributed by atoms with E-state index >= 15 is 0 Å². The van der Waals surface area contributed by atoms with Gasteiger partial charge in [0.15, 0.2) is 0 Å². The van der Waals surface area contributed by atoms with Crippen LogP contribution < -0.4 is 10.1 Å². The summed E-state index contributed by atoms with van der Waals surface area (Å²) in [6, 6.07) is 12.1. The van der Waals surface area contributed by atoms with Gasteiger partial charge in [0.25, 0.3) is 0 Å². The first-order chi connectivity index (χ1) is 9.28. The van der Waals surface area contributed by atoms with E-state index in [-0.39, 0.29) is 0 Å². The minimum absolute atomic E-state index is 0.503. The van der Waals surface area contributed by atoms with Gasteiger partial charge in [-0.1, -0.05) is 6.92 Å². The molecule has 0 aliphatic rings. The second-order valence-electron chi connectivity index (χ2n) is 4.31. The molecule has 4 heteroatoms. The normalized spacial score (nSPS) is 12.3. The first-order valence-corrected chi connectivity index (χ1v) is 7.19. The Bertz CT molecular complexity index is 467. The zero-order valence-electron chi connectivity index (χ0n) is 11.3. The van der Waals surface area contributed by atoms with Gasteiger partial charge in [0.2, 0.25) is 0 Å². The Balaban J connectivity index is 1.72. The van der Waals surface area contributed by atoms with E-state index in [4.69, 9.17) is 9.15 Å². The third-order valence-corrected chi connectivity index (χ3v) is 3.82. The Kier molecular flexibility index (Phi) is 5.36. The van der Waals surface area contributed by atoms with Gasteiger partial charge in [-0.2, -0.15) is 0 Å². The molecule has 0 amide bonds. The molecule has 1 aromatic heterocycles. The van der Waals surface area contributed by atoms with Crippen molar-refractivity contribution in [3.63, 3.8) is 0 Å². The van der Waals surface area contributed by atoms with Gasteiger partial charge in [-0.3, -0.25) is 0 Å².